The van der Waals surface area contributed by atoms with E-state index in [-0.39, 0.29) is 0 Å². The van der Waals surface area contributed by atoms with Crippen LogP contribution in [0.2, 0.25) is 0 Å². The van der Waals surface area contributed by atoms with Crippen LogP contribution in [0.5, 0.6) is 0 Å². The van der Waals surface area contributed by atoms with Crippen LogP contribution in [0.3, 0.4) is 0 Å². The lowest BCUT2D eigenvalue weighted by atomic mass is 9.97. The molecule has 1 aliphatic heterocycles. The third kappa shape index (κ3) is 6.52. The Balaban J connectivity index is 1.63. The number of nitrogens with zero attached hydrogens (tertiary/aromatic N) is 2. The van der Waals surface area contributed by atoms with Crippen LogP contribution >= 0.6 is 0 Å². The molecule has 2 rings (SSSR count). The van der Waals surface area contributed by atoms with Gasteiger partial charge in [0.2, 0.25) is 0 Å². The van der Waals surface area contributed by atoms with Gasteiger partial charge in [0.1, 0.15) is 0 Å². The monoisotopic (exact) mass is 330 g/mol. The van der Waals surface area contributed by atoms with E-state index in [4.69, 9.17) is 0 Å². The van der Waals surface area contributed by atoms with Crippen molar-refractivity contribution in [3.8, 4) is 0 Å². The molecule has 2 N–H and O–H groups in total. The first-order chi connectivity index (χ1) is 11.7. The van der Waals surface area contributed by atoms with Crippen molar-refractivity contribution >= 4 is 5.96 Å². The minimum Gasteiger partial charge on any atom is -0.356 e. The van der Waals surface area contributed by atoms with Crippen molar-refractivity contribution in [2.24, 2.45) is 10.9 Å². The molecule has 134 valence electrons. The second-order valence-electron chi connectivity index (χ2n) is 7.07. The number of benzene rings is 1. The van der Waals surface area contributed by atoms with Gasteiger partial charge in [-0.25, -0.2) is 0 Å². The van der Waals surface area contributed by atoms with Crippen molar-refractivity contribution in [2.75, 3.05) is 33.2 Å². The van der Waals surface area contributed by atoms with Crippen molar-refractivity contribution in [2.45, 2.75) is 45.6 Å². The van der Waals surface area contributed by atoms with Gasteiger partial charge in [-0.15, -0.1) is 0 Å². The Morgan fingerprint density at radius 1 is 1.25 bits per heavy atom. The largest absolute Gasteiger partial charge is 0.356 e. The molecule has 4 nitrogen and oxygen atoms in total. The smallest absolute Gasteiger partial charge is 0.190 e. The van der Waals surface area contributed by atoms with E-state index >= 15 is 0 Å². The average Bonchev–Trinajstić information content (AvgIpc) is 2.62. The highest BCUT2D eigenvalue weighted by atomic mass is 15.2. The molecule has 1 heterocycles. The number of piperidine rings is 1. The fraction of sp³-hybridized carbons (Fsp3) is 0.650. The van der Waals surface area contributed by atoms with Crippen molar-refractivity contribution in [3.05, 3.63) is 35.9 Å². The van der Waals surface area contributed by atoms with E-state index in [1.807, 2.05) is 7.05 Å². The summed E-state index contributed by atoms with van der Waals surface area (Å²) in [6.07, 6.45) is 4.86. The first-order valence-electron chi connectivity index (χ1n) is 9.41. The highest BCUT2D eigenvalue weighted by Gasteiger charge is 2.21. The summed E-state index contributed by atoms with van der Waals surface area (Å²) in [5.74, 6) is 1.66. The van der Waals surface area contributed by atoms with E-state index in [2.05, 4.69) is 64.7 Å². The van der Waals surface area contributed by atoms with E-state index in [1.165, 1.54) is 31.5 Å². The maximum absolute atomic E-state index is 4.35. The Hall–Kier alpha value is -1.55. The molecular formula is C20H34N4. The molecular weight excluding hydrogens is 296 g/mol. The Morgan fingerprint density at radius 2 is 2.04 bits per heavy atom. The van der Waals surface area contributed by atoms with E-state index in [9.17, 15) is 0 Å². The highest BCUT2D eigenvalue weighted by molar-refractivity contribution is 5.79. The number of rotatable bonds is 7. The van der Waals surface area contributed by atoms with E-state index < -0.39 is 0 Å². The quantitative estimate of drug-likeness (QED) is 0.459. The summed E-state index contributed by atoms with van der Waals surface area (Å²) < 4.78 is 0. The van der Waals surface area contributed by atoms with Crippen LogP contribution in [0, 0.1) is 5.92 Å². The lowest BCUT2D eigenvalue weighted by molar-refractivity contribution is 0.141. The first kappa shape index (κ1) is 18.8. The number of aliphatic imine (C=N–C) groups is 1. The van der Waals surface area contributed by atoms with Gasteiger partial charge in [-0.1, -0.05) is 30.3 Å². The molecule has 0 aliphatic carbocycles. The summed E-state index contributed by atoms with van der Waals surface area (Å²) in [6.45, 7) is 9.02. The van der Waals surface area contributed by atoms with Gasteiger partial charge in [0, 0.05) is 32.7 Å². The predicted octanol–water partition coefficient (Wildman–Crippen LogP) is 2.90. The molecule has 0 aromatic heterocycles. The number of nitrogens with one attached hydrogen (secondary N) is 2. The van der Waals surface area contributed by atoms with Gasteiger partial charge in [-0.05, 0) is 57.6 Å². The molecule has 1 saturated heterocycles. The summed E-state index contributed by atoms with van der Waals surface area (Å²) in [7, 11) is 1.85. The zero-order valence-electron chi connectivity index (χ0n) is 15.6. The second kappa shape index (κ2) is 10.3. The molecule has 4 heteroatoms. The Kier molecular flexibility index (Phi) is 8.10. The normalized spacial score (nSPS) is 19.5. The molecule has 0 spiro atoms. The van der Waals surface area contributed by atoms with Crippen LogP contribution in [-0.2, 0) is 6.42 Å². The maximum Gasteiger partial charge on any atom is 0.190 e. The number of guanidine groups is 1. The van der Waals surface area contributed by atoms with Crippen LogP contribution in [0.1, 0.15) is 38.7 Å². The number of hydrogen-bond donors (Lipinski definition) is 2. The average molecular weight is 331 g/mol. The van der Waals surface area contributed by atoms with Gasteiger partial charge >= 0.3 is 0 Å². The predicted molar refractivity (Wildman–Crippen MR) is 104 cm³/mol. The van der Waals surface area contributed by atoms with Gasteiger partial charge in [0.15, 0.2) is 5.96 Å². The number of likely N-dealkylation sites (tertiary alicyclic amines) is 1. The van der Waals surface area contributed by atoms with Crippen molar-refractivity contribution < 1.29 is 0 Å². The van der Waals surface area contributed by atoms with Gasteiger partial charge in [0.05, 0.1) is 0 Å². The van der Waals surface area contributed by atoms with Crippen LogP contribution < -0.4 is 10.6 Å². The minimum absolute atomic E-state index is 0.656. The zero-order valence-corrected chi connectivity index (χ0v) is 15.6. The summed E-state index contributed by atoms with van der Waals surface area (Å²) >= 11 is 0. The van der Waals surface area contributed by atoms with Gasteiger partial charge in [-0.3, -0.25) is 4.99 Å². The molecule has 24 heavy (non-hydrogen) atoms. The van der Waals surface area contributed by atoms with Crippen molar-refractivity contribution in [1.82, 2.24) is 15.5 Å². The topological polar surface area (TPSA) is 39.7 Å². The maximum atomic E-state index is 4.35. The minimum atomic E-state index is 0.656. The highest BCUT2D eigenvalue weighted by Crippen LogP contribution is 2.17. The van der Waals surface area contributed by atoms with Crippen LogP contribution in [0.25, 0.3) is 0 Å². The fourth-order valence-electron chi connectivity index (χ4n) is 3.34. The Morgan fingerprint density at radius 3 is 2.75 bits per heavy atom. The van der Waals surface area contributed by atoms with E-state index in [0.717, 1.165) is 37.8 Å². The van der Waals surface area contributed by atoms with Crippen LogP contribution in [-0.4, -0.2) is 50.1 Å². The lowest BCUT2D eigenvalue weighted by Gasteiger charge is -2.35. The van der Waals surface area contributed by atoms with Gasteiger partial charge in [0.25, 0.3) is 0 Å². The molecule has 0 bridgehead atoms. The SMILES string of the molecule is CN=C(NCCCc1ccccc1)NCC1CCCN(C(C)C)C1. The van der Waals surface area contributed by atoms with Gasteiger partial charge < -0.3 is 15.5 Å². The fourth-order valence-corrected chi connectivity index (χ4v) is 3.34. The first-order valence-corrected chi connectivity index (χ1v) is 9.41. The third-order valence-corrected chi connectivity index (χ3v) is 4.84. The lowest BCUT2D eigenvalue weighted by Crippen LogP contribution is -2.46. The van der Waals surface area contributed by atoms with Crippen LogP contribution in [0.4, 0.5) is 0 Å². The summed E-state index contributed by atoms with van der Waals surface area (Å²) in [6, 6.07) is 11.3. The molecule has 1 aliphatic rings. The molecule has 0 amide bonds. The van der Waals surface area contributed by atoms with Crippen molar-refractivity contribution in [3.63, 3.8) is 0 Å². The molecule has 1 aromatic rings. The second-order valence-corrected chi connectivity index (χ2v) is 7.07. The molecule has 1 atom stereocenters. The number of hydrogen-bond acceptors (Lipinski definition) is 2. The zero-order chi connectivity index (χ0) is 17.2. The van der Waals surface area contributed by atoms with E-state index in [0.29, 0.717) is 6.04 Å². The summed E-state index contributed by atoms with van der Waals surface area (Å²) in [5, 5.41) is 6.95. The molecule has 1 unspecified atom stereocenters. The molecule has 0 saturated carbocycles. The molecule has 1 fully saturated rings. The molecule has 0 radical (unpaired) electrons. The Labute approximate surface area is 147 Å². The Bertz CT molecular complexity index is 484. The van der Waals surface area contributed by atoms with E-state index in [1.54, 1.807) is 0 Å². The standard InChI is InChI=1S/C20H34N4/c1-17(2)24-14-8-12-19(16-24)15-23-20(21-3)22-13-7-11-18-9-5-4-6-10-18/h4-6,9-10,17,19H,7-8,11-16H2,1-3H3,(H2,21,22,23). The third-order valence-electron chi connectivity index (χ3n) is 4.84. The number of aryl methyl sites for hydroxylation is 1. The van der Waals surface area contributed by atoms with Gasteiger partial charge in [-0.2, -0.15) is 0 Å². The summed E-state index contributed by atoms with van der Waals surface area (Å²) in [4.78, 5) is 6.94. The van der Waals surface area contributed by atoms with Crippen molar-refractivity contribution in [1.29, 1.82) is 0 Å². The van der Waals surface area contributed by atoms with Crippen LogP contribution in [0.15, 0.2) is 35.3 Å². The molecule has 1 aromatic carbocycles. The summed E-state index contributed by atoms with van der Waals surface area (Å²) in [5.41, 5.74) is 1.40.